The van der Waals surface area contributed by atoms with Gasteiger partial charge in [0.05, 0.1) is 0 Å². The van der Waals surface area contributed by atoms with Crippen LogP contribution in [0.1, 0.15) is 26.3 Å². The largest absolute Gasteiger partial charge is 0.313 e. The molecule has 5 nitrogen and oxygen atoms in total. The highest BCUT2D eigenvalue weighted by Gasteiger charge is 2.16. The van der Waals surface area contributed by atoms with Crippen LogP contribution >= 0.6 is 11.3 Å². The molecule has 0 fully saturated rings. The highest BCUT2D eigenvalue weighted by molar-refractivity contribution is 7.91. The van der Waals surface area contributed by atoms with Crippen molar-refractivity contribution in [2.45, 2.75) is 31.5 Å². The van der Waals surface area contributed by atoms with E-state index in [1.165, 1.54) is 11.3 Å². The third-order valence-electron chi connectivity index (χ3n) is 3.09. The predicted molar refractivity (Wildman–Crippen MR) is 84.7 cm³/mol. The Morgan fingerprint density at radius 2 is 1.95 bits per heavy atom. The molecule has 20 heavy (non-hydrogen) atoms. The Morgan fingerprint density at radius 3 is 2.55 bits per heavy atom. The molecule has 0 bridgehead atoms. The maximum Gasteiger partial charge on any atom is 0.250 e. The normalized spacial score (nSPS) is 12.2. The summed E-state index contributed by atoms with van der Waals surface area (Å²) in [4.78, 5) is 2.19. The fourth-order valence-electron chi connectivity index (χ4n) is 1.81. The van der Waals surface area contributed by atoms with Gasteiger partial charge >= 0.3 is 0 Å². The third kappa shape index (κ3) is 5.49. The summed E-state index contributed by atoms with van der Waals surface area (Å²) < 4.78 is 27.3. The van der Waals surface area contributed by atoms with Gasteiger partial charge in [0.15, 0.2) is 0 Å². The van der Waals surface area contributed by atoms with Gasteiger partial charge in [-0.25, -0.2) is 13.1 Å². The molecule has 0 spiro atoms. The molecule has 0 aromatic carbocycles. The molecular weight excluding hydrogens is 294 g/mol. The first-order valence-electron chi connectivity index (χ1n) is 7.03. The summed E-state index contributed by atoms with van der Waals surface area (Å²) >= 11 is 1.27. The zero-order valence-corrected chi connectivity index (χ0v) is 14.1. The van der Waals surface area contributed by atoms with Gasteiger partial charge in [0.2, 0.25) is 10.0 Å². The van der Waals surface area contributed by atoms with Crippen LogP contribution < -0.4 is 10.0 Å². The Balaban J connectivity index is 2.53. The van der Waals surface area contributed by atoms with Crippen molar-refractivity contribution >= 4 is 21.4 Å². The average molecular weight is 319 g/mol. The van der Waals surface area contributed by atoms with E-state index in [0.29, 0.717) is 17.3 Å². The summed E-state index contributed by atoms with van der Waals surface area (Å²) in [5, 5.41) is 5.08. The van der Waals surface area contributed by atoms with Crippen molar-refractivity contribution in [2.75, 3.05) is 32.7 Å². The lowest BCUT2D eigenvalue weighted by Gasteiger charge is -2.17. The van der Waals surface area contributed by atoms with Gasteiger partial charge in [-0.3, -0.25) is 0 Å². The van der Waals surface area contributed by atoms with Gasteiger partial charge < -0.3 is 10.2 Å². The topological polar surface area (TPSA) is 61.4 Å². The lowest BCUT2D eigenvalue weighted by atomic mass is 10.3. The summed E-state index contributed by atoms with van der Waals surface area (Å²) in [6.45, 7) is 10.8. The molecule has 1 rings (SSSR count). The minimum Gasteiger partial charge on any atom is -0.313 e. The van der Waals surface area contributed by atoms with Gasteiger partial charge in [0, 0.05) is 19.6 Å². The van der Waals surface area contributed by atoms with Gasteiger partial charge in [-0.1, -0.05) is 20.8 Å². The molecule has 7 heteroatoms. The standard InChI is InChI=1S/C13H25N3O2S2/c1-4-14-10-12-9-13(19-11-12)20(17,18)15-7-8-16(5-2)6-3/h9,11,14-15H,4-8,10H2,1-3H3. The number of hydrogen-bond acceptors (Lipinski definition) is 5. The van der Waals surface area contributed by atoms with Crippen LogP contribution in [0.25, 0.3) is 0 Å². The average Bonchev–Trinajstić information content (AvgIpc) is 2.91. The molecule has 0 aliphatic rings. The second kappa shape index (κ2) is 8.74. The van der Waals surface area contributed by atoms with Crippen LogP contribution in [0.5, 0.6) is 0 Å². The van der Waals surface area contributed by atoms with E-state index in [-0.39, 0.29) is 0 Å². The Kier molecular flexibility index (Phi) is 7.68. The monoisotopic (exact) mass is 319 g/mol. The van der Waals surface area contributed by atoms with Gasteiger partial charge in [-0.05, 0) is 36.6 Å². The van der Waals surface area contributed by atoms with E-state index >= 15 is 0 Å². The molecule has 1 aromatic rings. The SMILES string of the molecule is CCNCc1csc(S(=O)(=O)NCCN(CC)CC)c1. The number of nitrogens with one attached hydrogen (secondary N) is 2. The number of hydrogen-bond donors (Lipinski definition) is 2. The zero-order valence-electron chi connectivity index (χ0n) is 12.5. The van der Waals surface area contributed by atoms with Crippen molar-refractivity contribution in [2.24, 2.45) is 0 Å². The Bertz CT molecular complexity index is 482. The van der Waals surface area contributed by atoms with Crippen molar-refractivity contribution in [1.29, 1.82) is 0 Å². The molecule has 0 amide bonds. The van der Waals surface area contributed by atoms with Crippen LogP contribution in [-0.4, -0.2) is 46.0 Å². The molecule has 0 radical (unpaired) electrons. The molecule has 0 aliphatic heterocycles. The van der Waals surface area contributed by atoms with E-state index < -0.39 is 10.0 Å². The van der Waals surface area contributed by atoms with Crippen molar-refractivity contribution in [3.8, 4) is 0 Å². The molecular formula is C13H25N3O2S2. The van der Waals surface area contributed by atoms with E-state index in [9.17, 15) is 8.42 Å². The highest BCUT2D eigenvalue weighted by Crippen LogP contribution is 2.19. The maximum absolute atomic E-state index is 12.1. The Morgan fingerprint density at radius 1 is 1.25 bits per heavy atom. The van der Waals surface area contributed by atoms with Crippen molar-refractivity contribution in [3.05, 3.63) is 17.0 Å². The Labute approximate surface area is 126 Å². The van der Waals surface area contributed by atoms with Crippen LogP contribution in [0.15, 0.2) is 15.7 Å². The van der Waals surface area contributed by atoms with Crippen LogP contribution in [0.2, 0.25) is 0 Å². The molecule has 0 unspecified atom stereocenters. The Hall–Kier alpha value is -0.470. The summed E-state index contributed by atoms with van der Waals surface area (Å²) in [5.74, 6) is 0. The van der Waals surface area contributed by atoms with Gasteiger partial charge in [-0.2, -0.15) is 0 Å². The van der Waals surface area contributed by atoms with Gasteiger partial charge in [-0.15, -0.1) is 11.3 Å². The lowest BCUT2D eigenvalue weighted by molar-refractivity contribution is 0.309. The van der Waals surface area contributed by atoms with E-state index in [4.69, 9.17) is 0 Å². The fraction of sp³-hybridized carbons (Fsp3) is 0.692. The van der Waals surface area contributed by atoms with Crippen molar-refractivity contribution in [3.63, 3.8) is 0 Å². The molecule has 116 valence electrons. The first kappa shape index (κ1) is 17.6. The van der Waals surface area contributed by atoms with Gasteiger partial charge in [0.25, 0.3) is 0 Å². The molecule has 0 saturated carbocycles. The number of sulfonamides is 1. The number of likely N-dealkylation sites (N-methyl/N-ethyl adjacent to an activating group) is 1. The predicted octanol–water partition coefficient (Wildman–Crippen LogP) is 1.48. The maximum atomic E-state index is 12.1. The van der Waals surface area contributed by atoms with E-state index in [1.807, 2.05) is 12.3 Å². The molecule has 0 atom stereocenters. The zero-order chi connectivity index (χ0) is 15.0. The molecule has 0 saturated heterocycles. The summed E-state index contributed by atoms with van der Waals surface area (Å²) in [6, 6.07) is 1.74. The van der Waals surface area contributed by atoms with Crippen molar-refractivity contribution < 1.29 is 8.42 Å². The number of thiophene rings is 1. The second-order valence-corrected chi connectivity index (χ2v) is 7.38. The molecule has 2 N–H and O–H groups in total. The highest BCUT2D eigenvalue weighted by atomic mass is 32.2. The van der Waals surface area contributed by atoms with E-state index in [2.05, 4.69) is 28.8 Å². The molecule has 1 aromatic heterocycles. The summed E-state index contributed by atoms with van der Waals surface area (Å²) in [5.41, 5.74) is 1.01. The van der Waals surface area contributed by atoms with Crippen molar-refractivity contribution in [1.82, 2.24) is 14.9 Å². The van der Waals surface area contributed by atoms with Crippen LogP contribution in [-0.2, 0) is 16.6 Å². The first-order valence-corrected chi connectivity index (χ1v) is 9.39. The van der Waals surface area contributed by atoms with E-state index in [1.54, 1.807) is 6.07 Å². The molecule has 1 heterocycles. The third-order valence-corrected chi connectivity index (χ3v) is 6.04. The number of nitrogens with zero attached hydrogens (tertiary/aromatic N) is 1. The smallest absolute Gasteiger partial charge is 0.250 e. The molecule has 0 aliphatic carbocycles. The van der Waals surface area contributed by atoms with Gasteiger partial charge in [0.1, 0.15) is 4.21 Å². The minimum absolute atomic E-state index is 0.393. The summed E-state index contributed by atoms with van der Waals surface area (Å²) in [6.07, 6.45) is 0. The van der Waals surface area contributed by atoms with Crippen LogP contribution in [0.3, 0.4) is 0 Å². The fourth-order valence-corrected chi connectivity index (χ4v) is 4.08. The quantitative estimate of drug-likeness (QED) is 0.686. The second-order valence-electron chi connectivity index (χ2n) is 4.48. The minimum atomic E-state index is -3.36. The summed E-state index contributed by atoms with van der Waals surface area (Å²) in [7, 11) is -3.36. The first-order chi connectivity index (χ1) is 9.53. The van der Waals surface area contributed by atoms with Crippen LogP contribution in [0, 0.1) is 0 Å². The van der Waals surface area contributed by atoms with Crippen LogP contribution in [0.4, 0.5) is 0 Å². The van der Waals surface area contributed by atoms with E-state index in [0.717, 1.165) is 31.7 Å². The lowest BCUT2D eigenvalue weighted by Crippen LogP contribution is -2.34. The number of rotatable bonds is 10.